The first kappa shape index (κ1) is 24.2. The first-order valence-electron chi connectivity index (χ1n) is 9.99. The van der Waals surface area contributed by atoms with Gasteiger partial charge in [-0.15, -0.1) is 0 Å². The molecule has 4 rings (SSSR count). The highest BCUT2D eigenvalue weighted by Gasteiger charge is 2.47. The second-order valence-corrected chi connectivity index (χ2v) is 10.8. The van der Waals surface area contributed by atoms with Gasteiger partial charge in [-0.25, -0.2) is 0 Å². The molecule has 0 heterocycles. The van der Waals surface area contributed by atoms with Crippen molar-refractivity contribution in [1.82, 2.24) is 0 Å². The predicted molar refractivity (Wildman–Crippen MR) is 129 cm³/mol. The number of hydrogen-bond donors (Lipinski definition) is 0. The highest BCUT2D eigenvalue weighted by atomic mass is 79.9. The van der Waals surface area contributed by atoms with E-state index in [1.807, 2.05) is 91.0 Å². The maximum Gasteiger partial charge on any atom is 0.352 e. The third kappa shape index (κ3) is 4.70. The fourth-order valence-corrected chi connectivity index (χ4v) is 8.34. The van der Waals surface area contributed by atoms with Crippen molar-refractivity contribution in [3.8, 4) is 0 Å². The van der Waals surface area contributed by atoms with Gasteiger partial charge < -0.3 is 17.0 Å². The number of benzene rings is 4. The van der Waals surface area contributed by atoms with Gasteiger partial charge in [0.25, 0.3) is 0 Å². The van der Waals surface area contributed by atoms with E-state index in [1.165, 1.54) is 12.1 Å². The molecule has 0 aliphatic heterocycles. The molecule has 0 fully saturated rings. The zero-order valence-corrected chi connectivity index (χ0v) is 19.9. The van der Waals surface area contributed by atoms with Crippen LogP contribution in [0, 0.1) is 20.2 Å². The van der Waals surface area contributed by atoms with Crippen molar-refractivity contribution in [2.45, 2.75) is 6.16 Å². The predicted octanol–water partition coefficient (Wildman–Crippen LogP) is 2.00. The fraction of sp³-hybridized carbons (Fsp3) is 0.0400. The lowest BCUT2D eigenvalue weighted by Crippen LogP contribution is -3.00. The van der Waals surface area contributed by atoms with Gasteiger partial charge in [-0.2, -0.15) is 0 Å². The molecular formula is C25H20BrN2O4P. The Labute approximate surface area is 202 Å². The van der Waals surface area contributed by atoms with Gasteiger partial charge in [0.2, 0.25) is 0 Å². The van der Waals surface area contributed by atoms with E-state index in [4.69, 9.17) is 0 Å². The lowest BCUT2D eigenvalue weighted by molar-refractivity contribution is -0.422. The van der Waals surface area contributed by atoms with Crippen molar-refractivity contribution < 1.29 is 26.8 Å². The highest BCUT2D eigenvalue weighted by Crippen LogP contribution is 2.59. The van der Waals surface area contributed by atoms with Crippen LogP contribution in [0.1, 0.15) is 5.56 Å². The fourth-order valence-electron chi connectivity index (χ4n) is 4.09. The Morgan fingerprint density at radius 3 is 1.36 bits per heavy atom. The Balaban J connectivity index is 0.00000306. The summed E-state index contributed by atoms with van der Waals surface area (Å²) >= 11 is 0. The lowest BCUT2D eigenvalue weighted by atomic mass is 10.2. The molecule has 6 nitrogen and oxygen atoms in total. The summed E-state index contributed by atoms with van der Waals surface area (Å²) in [5.41, 5.74) is -0.571. The summed E-state index contributed by atoms with van der Waals surface area (Å²) in [6.07, 6.45) is 0.295. The van der Waals surface area contributed by atoms with Crippen LogP contribution >= 0.6 is 7.26 Å². The van der Waals surface area contributed by atoms with Crippen molar-refractivity contribution in [3.63, 3.8) is 0 Å². The average molecular weight is 523 g/mol. The van der Waals surface area contributed by atoms with Crippen LogP contribution in [0.5, 0.6) is 0 Å². The molecule has 0 unspecified atom stereocenters. The number of nitro groups is 2. The molecule has 0 amide bonds. The van der Waals surface area contributed by atoms with Crippen LogP contribution in [0.4, 0.5) is 11.4 Å². The summed E-state index contributed by atoms with van der Waals surface area (Å²) in [4.78, 5) is 22.2. The molecule has 0 radical (unpaired) electrons. The third-order valence-electron chi connectivity index (χ3n) is 5.48. The molecule has 0 saturated heterocycles. The molecule has 4 aromatic rings. The Bertz CT molecular complexity index is 1160. The number of halogens is 1. The standard InChI is InChI=1S/C25H20N2O4P.BrH/c28-26(29)24-18-10-11-20(25(24)27(30)31)19-32(21-12-4-1-5-13-21,22-14-6-2-7-15-22)23-16-8-3-9-17-23;/h1-18H,19H2;1H/q+1;/p-1. The van der Waals surface area contributed by atoms with E-state index < -0.39 is 28.5 Å². The first-order valence-corrected chi connectivity index (χ1v) is 12.0. The molecular weight excluding hydrogens is 503 g/mol. The number of nitrogens with zero attached hydrogens (tertiary/aromatic N) is 2. The largest absolute Gasteiger partial charge is 1.00 e. The Kier molecular flexibility index (Phi) is 7.69. The van der Waals surface area contributed by atoms with E-state index in [1.54, 1.807) is 6.07 Å². The Morgan fingerprint density at radius 2 is 1.00 bits per heavy atom. The summed E-state index contributed by atoms with van der Waals surface area (Å²) in [5.74, 6) is 0. The van der Waals surface area contributed by atoms with Crippen molar-refractivity contribution >= 4 is 34.6 Å². The maximum atomic E-state index is 12.0. The van der Waals surface area contributed by atoms with Crippen LogP contribution in [-0.4, -0.2) is 9.85 Å². The number of rotatable bonds is 7. The molecule has 0 saturated carbocycles. The van der Waals surface area contributed by atoms with Crippen molar-refractivity contribution in [2.24, 2.45) is 0 Å². The van der Waals surface area contributed by atoms with Gasteiger partial charge in [-0.05, 0) is 42.5 Å². The molecule has 8 heteroatoms. The minimum atomic E-state index is -2.42. The molecule has 0 aromatic heterocycles. The minimum absolute atomic E-state index is 0. The van der Waals surface area contributed by atoms with E-state index in [2.05, 4.69) is 0 Å². The quantitative estimate of drug-likeness (QED) is 0.211. The maximum absolute atomic E-state index is 12.0. The summed E-state index contributed by atoms with van der Waals surface area (Å²) in [6.45, 7) is 0. The zero-order valence-electron chi connectivity index (χ0n) is 17.5. The normalized spacial score (nSPS) is 10.8. The Hall–Kier alpha value is -3.41. The molecule has 0 spiro atoms. The van der Waals surface area contributed by atoms with Gasteiger partial charge in [0, 0.05) is 6.07 Å². The monoisotopic (exact) mass is 522 g/mol. The number of nitro benzene ring substituents is 2. The van der Waals surface area contributed by atoms with Crippen LogP contribution < -0.4 is 32.9 Å². The van der Waals surface area contributed by atoms with Gasteiger partial charge in [0.1, 0.15) is 29.3 Å². The molecule has 4 aromatic carbocycles. The van der Waals surface area contributed by atoms with E-state index in [9.17, 15) is 20.2 Å². The number of para-hydroxylation sites is 1. The summed E-state index contributed by atoms with van der Waals surface area (Å²) in [7, 11) is -2.42. The van der Waals surface area contributed by atoms with E-state index in [-0.39, 0.29) is 17.0 Å². The third-order valence-corrected chi connectivity index (χ3v) is 9.83. The molecule has 0 N–H and O–H groups in total. The van der Waals surface area contributed by atoms with Gasteiger partial charge >= 0.3 is 11.4 Å². The second kappa shape index (κ2) is 10.5. The van der Waals surface area contributed by atoms with Gasteiger partial charge in [-0.1, -0.05) is 60.7 Å². The first-order chi connectivity index (χ1) is 15.5. The topological polar surface area (TPSA) is 86.3 Å². The van der Waals surface area contributed by atoms with Crippen LogP contribution in [0.25, 0.3) is 0 Å². The number of hydrogen-bond acceptors (Lipinski definition) is 4. The molecule has 33 heavy (non-hydrogen) atoms. The summed E-state index contributed by atoms with van der Waals surface area (Å²) < 4.78 is 0. The van der Waals surface area contributed by atoms with Crippen LogP contribution in [-0.2, 0) is 6.16 Å². The Morgan fingerprint density at radius 1 is 0.576 bits per heavy atom. The van der Waals surface area contributed by atoms with Crippen LogP contribution in [0.3, 0.4) is 0 Å². The van der Waals surface area contributed by atoms with Crippen molar-refractivity contribution in [3.05, 3.63) is 135 Å². The molecule has 0 aliphatic carbocycles. The molecule has 166 valence electrons. The van der Waals surface area contributed by atoms with Crippen LogP contribution in [0.2, 0.25) is 0 Å². The average Bonchev–Trinajstić information content (AvgIpc) is 2.84. The summed E-state index contributed by atoms with van der Waals surface area (Å²) in [6, 6.07) is 34.1. The summed E-state index contributed by atoms with van der Waals surface area (Å²) in [5, 5.41) is 26.7. The molecule has 0 atom stereocenters. The lowest BCUT2D eigenvalue weighted by Gasteiger charge is -2.27. The van der Waals surface area contributed by atoms with Gasteiger partial charge in [0.05, 0.1) is 15.4 Å². The highest BCUT2D eigenvalue weighted by molar-refractivity contribution is 7.95. The van der Waals surface area contributed by atoms with Crippen molar-refractivity contribution in [2.75, 3.05) is 0 Å². The minimum Gasteiger partial charge on any atom is -1.00 e. The van der Waals surface area contributed by atoms with Gasteiger partial charge in [0.15, 0.2) is 0 Å². The molecule has 0 aliphatic rings. The van der Waals surface area contributed by atoms with E-state index in [0.717, 1.165) is 15.9 Å². The second-order valence-electron chi connectivity index (χ2n) is 7.27. The SMILES string of the molecule is O=[N+]([O-])c1cccc(C[P+](c2ccccc2)(c2ccccc2)c2ccccc2)c1[N+](=O)[O-].[Br-]. The van der Waals surface area contributed by atoms with E-state index >= 15 is 0 Å². The van der Waals surface area contributed by atoms with Gasteiger partial charge in [-0.3, -0.25) is 20.2 Å². The zero-order chi connectivity index (χ0) is 22.6. The smallest absolute Gasteiger partial charge is 0.352 e. The van der Waals surface area contributed by atoms with Crippen molar-refractivity contribution in [1.29, 1.82) is 0 Å². The molecule has 0 bridgehead atoms. The van der Waals surface area contributed by atoms with E-state index in [0.29, 0.717) is 11.7 Å². The van der Waals surface area contributed by atoms with Crippen LogP contribution in [0.15, 0.2) is 109 Å².